The van der Waals surface area contributed by atoms with Crippen LogP contribution in [0.2, 0.25) is 0 Å². The third kappa shape index (κ3) is 6.05. The fraction of sp³-hybridized carbons (Fsp3) is 0.423. The topological polar surface area (TPSA) is 236 Å². The third-order valence-corrected chi connectivity index (χ3v) is 6.60. The summed E-state index contributed by atoms with van der Waals surface area (Å²) in [5, 5.41) is 90.2. The quantitative estimate of drug-likeness (QED) is 0.122. The minimum absolute atomic E-state index is 0.0970. The van der Waals surface area contributed by atoms with Crippen molar-refractivity contribution in [2.24, 2.45) is 0 Å². The summed E-state index contributed by atoms with van der Waals surface area (Å²) in [5.74, 6) is -1.67. The Kier molecular flexibility index (Phi) is 8.94. The Hall–Kier alpha value is -3.31. The number of allylic oxidation sites excluding steroid dienone is 1. The molecule has 2 aliphatic rings. The summed E-state index contributed by atoms with van der Waals surface area (Å²) < 4.78 is 22.3. The molecule has 14 nitrogen and oxygen atoms in total. The molecule has 0 aromatic heterocycles. The molecule has 0 amide bonds. The van der Waals surface area contributed by atoms with E-state index in [0.29, 0.717) is 0 Å². The highest BCUT2D eigenvalue weighted by molar-refractivity contribution is 6.08. The van der Waals surface area contributed by atoms with E-state index in [0.717, 1.165) is 18.2 Å². The normalized spacial score (nSPS) is 32.4. The Bertz CT molecular complexity index is 1230. The van der Waals surface area contributed by atoms with Crippen molar-refractivity contribution in [1.82, 2.24) is 0 Å². The van der Waals surface area contributed by atoms with E-state index in [1.807, 2.05) is 0 Å². The van der Waals surface area contributed by atoms with Crippen LogP contribution in [-0.4, -0.2) is 120 Å². The number of carbonyl (C=O) groups excluding carboxylic acids is 1. The molecule has 2 aromatic rings. The maximum Gasteiger partial charge on any atom is 0.229 e. The van der Waals surface area contributed by atoms with Gasteiger partial charge in [-0.25, -0.2) is 0 Å². The lowest BCUT2D eigenvalue weighted by atomic mass is 9.98. The van der Waals surface area contributed by atoms with Gasteiger partial charge in [-0.15, -0.1) is 0 Å². The standard InChI is InChI=1S/C26H30O14/c27-9-19-20(33)21(34)22(40-25-23(35)26(36,10-28)11-37-25)24(39-19)38-18-8-14(30)3-1-12(18)2-6-16(31)15-5-4-13(29)7-17(15)32/h1-8,19-25,27-30,32-36H,9-11H2. The van der Waals surface area contributed by atoms with Gasteiger partial charge in [0.2, 0.25) is 6.29 Å². The van der Waals surface area contributed by atoms with Crippen molar-refractivity contribution in [3.8, 4) is 23.0 Å². The maximum atomic E-state index is 12.6. The van der Waals surface area contributed by atoms with Crippen LogP contribution in [0.5, 0.6) is 23.0 Å². The van der Waals surface area contributed by atoms with Crippen LogP contribution in [0.3, 0.4) is 0 Å². The fourth-order valence-corrected chi connectivity index (χ4v) is 4.23. The lowest BCUT2D eigenvalue weighted by Crippen LogP contribution is -2.62. The van der Waals surface area contributed by atoms with Gasteiger partial charge in [0, 0.05) is 17.7 Å². The van der Waals surface area contributed by atoms with Crippen LogP contribution in [0.1, 0.15) is 15.9 Å². The molecule has 2 fully saturated rings. The zero-order valence-electron chi connectivity index (χ0n) is 20.8. The number of hydrogen-bond donors (Lipinski definition) is 9. The summed E-state index contributed by atoms with van der Waals surface area (Å²) >= 11 is 0. The van der Waals surface area contributed by atoms with Gasteiger partial charge in [-0.1, -0.05) is 0 Å². The summed E-state index contributed by atoms with van der Waals surface area (Å²) in [6.45, 7) is -2.08. The summed E-state index contributed by atoms with van der Waals surface area (Å²) in [7, 11) is 0. The predicted molar refractivity (Wildman–Crippen MR) is 132 cm³/mol. The highest BCUT2D eigenvalue weighted by Gasteiger charge is 2.53. The molecular formula is C26H30O14. The molecular weight excluding hydrogens is 536 g/mol. The van der Waals surface area contributed by atoms with Gasteiger partial charge in [0.05, 0.1) is 25.4 Å². The second kappa shape index (κ2) is 12.1. The highest BCUT2D eigenvalue weighted by Crippen LogP contribution is 2.34. The zero-order valence-corrected chi connectivity index (χ0v) is 20.8. The average Bonchev–Trinajstić information content (AvgIpc) is 3.21. The molecule has 8 atom stereocenters. The highest BCUT2D eigenvalue weighted by atomic mass is 16.8. The smallest absolute Gasteiger partial charge is 0.229 e. The SMILES string of the molecule is O=C(C=Cc1ccc(O)cc1OC1OC(CO)C(O)C(O)C1OC1OCC(O)(CO)C1O)c1ccc(O)cc1O. The van der Waals surface area contributed by atoms with Crippen molar-refractivity contribution < 1.29 is 69.7 Å². The molecule has 9 N–H and O–H groups in total. The summed E-state index contributed by atoms with van der Waals surface area (Å²) in [6.07, 6.45) is -8.89. The van der Waals surface area contributed by atoms with Crippen LogP contribution in [0.4, 0.5) is 0 Å². The van der Waals surface area contributed by atoms with Gasteiger partial charge in [-0.2, -0.15) is 0 Å². The molecule has 218 valence electrons. The Morgan fingerprint density at radius 2 is 1.70 bits per heavy atom. The summed E-state index contributed by atoms with van der Waals surface area (Å²) in [6, 6.07) is 7.27. The second-order valence-electron chi connectivity index (χ2n) is 9.43. The molecule has 2 saturated heterocycles. The maximum absolute atomic E-state index is 12.6. The van der Waals surface area contributed by atoms with Crippen molar-refractivity contribution in [2.45, 2.75) is 48.7 Å². The number of aromatic hydroxyl groups is 3. The molecule has 4 rings (SSSR count). The van der Waals surface area contributed by atoms with Crippen LogP contribution in [0, 0.1) is 0 Å². The molecule has 14 heteroatoms. The number of ketones is 1. The number of phenols is 3. The van der Waals surface area contributed by atoms with Crippen LogP contribution >= 0.6 is 0 Å². The van der Waals surface area contributed by atoms with E-state index in [9.17, 15) is 50.8 Å². The number of ether oxygens (including phenoxy) is 4. The summed E-state index contributed by atoms with van der Waals surface area (Å²) in [4.78, 5) is 12.6. The molecule has 8 unspecified atom stereocenters. The minimum atomic E-state index is -2.05. The van der Waals surface area contributed by atoms with Crippen LogP contribution in [-0.2, 0) is 14.2 Å². The first-order valence-electron chi connectivity index (χ1n) is 12.1. The number of hydrogen-bond acceptors (Lipinski definition) is 14. The second-order valence-corrected chi connectivity index (χ2v) is 9.43. The molecule has 2 heterocycles. The number of benzene rings is 2. The van der Waals surface area contributed by atoms with Crippen LogP contribution in [0.25, 0.3) is 6.08 Å². The van der Waals surface area contributed by atoms with E-state index in [1.165, 1.54) is 30.3 Å². The van der Waals surface area contributed by atoms with Crippen molar-refractivity contribution >= 4 is 11.9 Å². The predicted octanol–water partition coefficient (Wildman–Crippen LogP) is -1.66. The van der Waals surface area contributed by atoms with Gasteiger partial charge < -0.3 is 64.9 Å². The van der Waals surface area contributed by atoms with Gasteiger partial charge in [-0.05, 0) is 36.4 Å². The van der Waals surface area contributed by atoms with Crippen molar-refractivity contribution in [3.63, 3.8) is 0 Å². The van der Waals surface area contributed by atoms with Crippen molar-refractivity contribution in [2.75, 3.05) is 19.8 Å². The van der Waals surface area contributed by atoms with Crippen LogP contribution in [0.15, 0.2) is 42.5 Å². The van der Waals surface area contributed by atoms with Gasteiger partial charge >= 0.3 is 0 Å². The van der Waals surface area contributed by atoms with E-state index in [-0.39, 0.29) is 28.4 Å². The Balaban J connectivity index is 1.60. The van der Waals surface area contributed by atoms with Gasteiger partial charge in [-0.3, -0.25) is 4.79 Å². The molecule has 2 aromatic carbocycles. The molecule has 40 heavy (non-hydrogen) atoms. The number of carbonyl (C=O) groups is 1. The van der Waals surface area contributed by atoms with Gasteiger partial charge in [0.15, 0.2) is 18.2 Å². The fourth-order valence-electron chi connectivity index (χ4n) is 4.23. The first-order chi connectivity index (χ1) is 19.0. The van der Waals surface area contributed by atoms with E-state index in [2.05, 4.69) is 0 Å². The average molecular weight is 567 g/mol. The van der Waals surface area contributed by atoms with Gasteiger partial charge in [0.1, 0.15) is 53.0 Å². The lowest BCUT2D eigenvalue weighted by molar-refractivity contribution is -0.318. The van der Waals surface area contributed by atoms with E-state index in [1.54, 1.807) is 0 Å². The number of aliphatic hydroxyl groups is 6. The zero-order chi connectivity index (χ0) is 29.2. The molecule has 0 aliphatic carbocycles. The van der Waals surface area contributed by atoms with Crippen molar-refractivity contribution in [1.29, 1.82) is 0 Å². The number of rotatable bonds is 9. The number of aliphatic hydroxyl groups excluding tert-OH is 5. The van der Waals surface area contributed by atoms with Crippen LogP contribution < -0.4 is 4.74 Å². The molecule has 0 saturated carbocycles. The monoisotopic (exact) mass is 566 g/mol. The van der Waals surface area contributed by atoms with E-state index < -0.39 is 80.1 Å². The molecule has 0 bridgehead atoms. The van der Waals surface area contributed by atoms with E-state index >= 15 is 0 Å². The Morgan fingerprint density at radius 3 is 2.35 bits per heavy atom. The first-order valence-corrected chi connectivity index (χ1v) is 12.1. The minimum Gasteiger partial charge on any atom is -0.508 e. The van der Waals surface area contributed by atoms with E-state index in [4.69, 9.17) is 18.9 Å². The Labute approximate surface area is 227 Å². The largest absolute Gasteiger partial charge is 0.508 e. The van der Waals surface area contributed by atoms with Gasteiger partial charge in [0.25, 0.3) is 0 Å². The number of phenolic OH excluding ortho intramolecular Hbond substituents is 3. The first kappa shape index (κ1) is 29.7. The van der Waals surface area contributed by atoms with Crippen molar-refractivity contribution in [3.05, 3.63) is 53.6 Å². The Morgan fingerprint density at radius 1 is 1.00 bits per heavy atom. The molecule has 0 radical (unpaired) electrons. The third-order valence-electron chi connectivity index (χ3n) is 6.60. The lowest BCUT2D eigenvalue weighted by Gasteiger charge is -2.42. The molecule has 0 spiro atoms. The molecule has 2 aliphatic heterocycles. The summed E-state index contributed by atoms with van der Waals surface area (Å²) in [5.41, 5.74) is -1.94.